The maximum atomic E-state index is 14.5. The maximum Gasteiger partial charge on any atom is 0.264 e. The minimum Gasteiger partial charge on any atom is -0.352 e. The van der Waals surface area contributed by atoms with Crippen molar-refractivity contribution in [1.82, 2.24) is 10.2 Å². The van der Waals surface area contributed by atoms with Gasteiger partial charge in [0.25, 0.3) is 10.0 Å². The number of hydrogen-bond donors (Lipinski definition) is 1. The lowest BCUT2D eigenvalue weighted by Gasteiger charge is -2.34. The van der Waals surface area contributed by atoms with Crippen molar-refractivity contribution in [2.75, 3.05) is 10.8 Å². The summed E-state index contributed by atoms with van der Waals surface area (Å²) in [6.45, 7) is 6.97. The summed E-state index contributed by atoms with van der Waals surface area (Å²) in [7, 11) is -4.26. The van der Waals surface area contributed by atoms with Gasteiger partial charge in [-0.3, -0.25) is 13.9 Å². The lowest BCUT2D eigenvalue weighted by molar-refractivity contribution is -0.140. The first-order chi connectivity index (χ1) is 21.9. The lowest BCUT2D eigenvalue weighted by Crippen LogP contribution is -2.54. The molecule has 0 spiro atoms. The summed E-state index contributed by atoms with van der Waals surface area (Å²) in [6.07, 6.45) is 0.860. The standard InChI is InChI=1S/C36H39ClFN3O4S/c1-5-27(4)39-36(43)34(22-28-9-7-6-8-10-28)40(23-29-12-16-31(38)17-13-29)35(42)24-41(32-18-11-25(2)26(3)21-32)46(44,45)33-19-14-30(37)15-20-33/h6-21,27,34H,5,22-24H2,1-4H3,(H,39,43)/t27-,34-/m1/s1. The highest BCUT2D eigenvalue weighted by atomic mass is 35.5. The maximum absolute atomic E-state index is 14.5. The molecule has 0 aliphatic heterocycles. The Labute approximate surface area is 276 Å². The molecule has 0 fully saturated rings. The number of rotatable bonds is 13. The molecule has 10 heteroatoms. The van der Waals surface area contributed by atoms with Gasteiger partial charge in [-0.2, -0.15) is 0 Å². The van der Waals surface area contributed by atoms with Crippen molar-refractivity contribution in [3.05, 3.63) is 130 Å². The lowest BCUT2D eigenvalue weighted by atomic mass is 10.0. The third kappa shape index (κ3) is 8.73. The van der Waals surface area contributed by atoms with Crippen molar-refractivity contribution in [2.24, 2.45) is 0 Å². The monoisotopic (exact) mass is 663 g/mol. The summed E-state index contributed by atoms with van der Waals surface area (Å²) in [6, 6.07) is 24.7. The SMILES string of the molecule is CC[C@@H](C)NC(=O)[C@@H](Cc1ccccc1)N(Cc1ccc(F)cc1)C(=O)CN(c1ccc(C)c(C)c1)S(=O)(=O)c1ccc(Cl)cc1. The van der Waals surface area contributed by atoms with Crippen LogP contribution in [0.5, 0.6) is 0 Å². The molecule has 242 valence electrons. The van der Waals surface area contributed by atoms with Gasteiger partial charge in [-0.1, -0.05) is 67.1 Å². The van der Waals surface area contributed by atoms with Gasteiger partial charge in [0.05, 0.1) is 10.6 Å². The molecule has 0 heterocycles. The second kappa shape index (κ2) is 15.4. The van der Waals surface area contributed by atoms with Gasteiger partial charge >= 0.3 is 0 Å². The average molecular weight is 664 g/mol. The van der Waals surface area contributed by atoms with Gasteiger partial charge in [0, 0.05) is 24.0 Å². The molecule has 0 aromatic heterocycles. The minimum absolute atomic E-state index is 0.0386. The molecule has 1 N–H and O–H groups in total. The molecule has 2 amide bonds. The number of carbonyl (C=O) groups excluding carboxylic acids is 2. The van der Waals surface area contributed by atoms with E-state index in [0.717, 1.165) is 21.0 Å². The van der Waals surface area contributed by atoms with E-state index in [1.54, 1.807) is 30.3 Å². The van der Waals surface area contributed by atoms with Crippen molar-refractivity contribution in [3.63, 3.8) is 0 Å². The summed E-state index contributed by atoms with van der Waals surface area (Å²) in [5.41, 5.74) is 3.52. The van der Waals surface area contributed by atoms with E-state index in [-0.39, 0.29) is 29.8 Å². The molecule has 0 radical (unpaired) electrons. The largest absolute Gasteiger partial charge is 0.352 e. The Hall–Kier alpha value is -4.21. The Bertz CT molecular complexity index is 1750. The van der Waals surface area contributed by atoms with E-state index in [4.69, 9.17) is 11.6 Å². The number of amides is 2. The van der Waals surface area contributed by atoms with Crippen molar-refractivity contribution in [1.29, 1.82) is 0 Å². The Kier molecular flexibility index (Phi) is 11.6. The van der Waals surface area contributed by atoms with E-state index in [1.165, 1.54) is 41.3 Å². The van der Waals surface area contributed by atoms with Gasteiger partial charge in [0.2, 0.25) is 11.8 Å². The van der Waals surface area contributed by atoms with Crippen molar-refractivity contribution < 1.29 is 22.4 Å². The Morgan fingerprint density at radius 1 is 0.870 bits per heavy atom. The molecule has 0 unspecified atom stereocenters. The molecule has 4 rings (SSSR count). The van der Waals surface area contributed by atoms with Gasteiger partial charge < -0.3 is 10.2 Å². The van der Waals surface area contributed by atoms with E-state index < -0.39 is 34.3 Å². The molecule has 46 heavy (non-hydrogen) atoms. The van der Waals surface area contributed by atoms with Crippen molar-refractivity contribution >= 4 is 39.1 Å². The van der Waals surface area contributed by atoms with Gasteiger partial charge in [-0.25, -0.2) is 12.8 Å². The number of nitrogens with one attached hydrogen (secondary N) is 1. The number of nitrogens with zero attached hydrogens (tertiary/aromatic N) is 2. The predicted molar refractivity (Wildman–Crippen MR) is 181 cm³/mol. The third-order valence-electron chi connectivity index (χ3n) is 8.00. The van der Waals surface area contributed by atoms with Crippen LogP contribution in [0, 0.1) is 19.7 Å². The zero-order chi connectivity index (χ0) is 33.4. The van der Waals surface area contributed by atoms with Gasteiger partial charge in [-0.05, 0) is 98.0 Å². The first kappa shape index (κ1) is 34.7. The van der Waals surface area contributed by atoms with E-state index >= 15 is 0 Å². The highest BCUT2D eigenvalue weighted by Crippen LogP contribution is 2.28. The molecule has 4 aromatic rings. The number of anilines is 1. The minimum atomic E-state index is -4.26. The zero-order valence-corrected chi connectivity index (χ0v) is 28.0. The smallest absolute Gasteiger partial charge is 0.264 e. The fourth-order valence-corrected chi connectivity index (χ4v) is 6.46. The van der Waals surface area contributed by atoms with E-state index in [1.807, 2.05) is 58.0 Å². The number of aryl methyl sites for hydroxylation is 2. The van der Waals surface area contributed by atoms with Crippen LogP contribution in [0.3, 0.4) is 0 Å². The summed E-state index contributed by atoms with van der Waals surface area (Å²) < 4.78 is 43.2. The van der Waals surface area contributed by atoms with Crippen molar-refractivity contribution in [3.8, 4) is 0 Å². The van der Waals surface area contributed by atoms with Gasteiger partial charge in [-0.15, -0.1) is 0 Å². The molecule has 0 saturated carbocycles. The van der Waals surface area contributed by atoms with Gasteiger partial charge in [0.1, 0.15) is 18.4 Å². The Balaban J connectivity index is 1.82. The second-order valence-electron chi connectivity index (χ2n) is 11.4. The molecule has 0 saturated heterocycles. The van der Waals surface area contributed by atoms with Crippen LogP contribution in [0.2, 0.25) is 5.02 Å². The van der Waals surface area contributed by atoms with E-state index in [0.29, 0.717) is 22.7 Å². The first-order valence-electron chi connectivity index (χ1n) is 15.1. The molecule has 0 aliphatic rings. The van der Waals surface area contributed by atoms with E-state index in [9.17, 15) is 22.4 Å². The third-order valence-corrected chi connectivity index (χ3v) is 10.0. The fraction of sp³-hybridized carbons (Fsp3) is 0.278. The van der Waals surface area contributed by atoms with Crippen LogP contribution >= 0.6 is 11.6 Å². The highest BCUT2D eigenvalue weighted by Gasteiger charge is 2.35. The summed E-state index contributed by atoms with van der Waals surface area (Å²) in [4.78, 5) is 29.8. The van der Waals surface area contributed by atoms with Crippen LogP contribution < -0.4 is 9.62 Å². The van der Waals surface area contributed by atoms with Gasteiger partial charge in [0.15, 0.2) is 0 Å². The number of sulfonamides is 1. The molecule has 7 nitrogen and oxygen atoms in total. The van der Waals surface area contributed by atoms with Crippen molar-refractivity contribution in [2.45, 2.75) is 64.1 Å². The summed E-state index contributed by atoms with van der Waals surface area (Å²) in [5, 5.41) is 3.37. The topological polar surface area (TPSA) is 86.8 Å². The average Bonchev–Trinajstić information content (AvgIpc) is 3.04. The van der Waals surface area contributed by atoms with Crippen LogP contribution in [0.1, 0.15) is 42.5 Å². The second-order valence-corrected chi connectivity index (χ2v) is 13.7. The predicted octanol–water partition coefficient (Wildman–Crippen LogP) is 6.85. The Morgan fingerprint density at radius 2 is 1.52 bits per heavy atom. The number of benzene rings is 4. The number of halogens is 2. The summed E-state index contributed by atoms with van der Waals surface area (Å²) >= 11 is 6.06. The summed E-state index contributed by atoms with van der Waals surface area (Å²) in [5.74, 6) is -1.40. The van der Waals surface area contributed by atoms with Crippen LogP contribution in [-0.4, -0.2) is 43.8 Å². The number of hydrogen-bond acceptors (Lipinski definition) is 4. The first-order valence-corrected chi connectivity index (χ1v) is 16.9. The molecular formula is C36H39ClFN3O4S. The zero-order valence-electron chi connectivity index (χ0n) is 26.4. The highest BCUT2D eigenvalue weighted by molar-refractivity contribution is 7.92. The normalized spacial score (nSPS) is 12.7. The Morgan fingerprint density at radius 3 is 2.13 bits per heavy atom. The number of carbonyl (C=O) groups is 2. The molecule has 0 aliphatic carbocycles. The molecule has 4 aromatic carbocycles. The quantitative estimate of drug-likeness (QED) is 0.170. The molecule has 0 bridgehead atoms. The van der Waals surface area contributed by atoms with Crippen LogP contribution in [0.25, 0.3) is 0 Å². The molecular weight excluding hydrogens is 625 g/mol. The van der Waals surface area contributed by atoms with Crippen LogP contribution in [0.15, 0.2) is 102 Å². The van der Waals surface area contributed by atoms with Crippen LogP contribution in [0.4, 0.5) is 10.1 Å². The fourth-order valence-electron chi connectivity index (χ4n) is 4.92. The molecule has 2 atom stereocenters. The van der Waals surface area contributed by atoms with Crippen LogP contribution in [-0.2, 0) is 32.6 Å². The van der Waals surface area contributed by atoms with E-state index in [2.05, 4.69) is 5.32 Å².